The summed E-state index contributed by atoms with van der Waals surface area (Å²) in [5.74, 6) is -0.928. The quantitative estimate of drug-likeness (QED) is 0.583. The largest absolute Gasteiger partial charge is 0.378 e. The number of fused-ring (bicyclic) bond motifs is 2. The number of rotatable bonds is 4. The van der Waals surface area contributed by atoms with E-state index in [0.29, 0.717) is 73.1 Å². The lowest BCUT2D eigenvalue weighted by atomic mass is 10.1. The molecule has 1 amide bonds. The third-order valence-corrected chi connectivity index (χ3v) is 6.28. The lowest BCUT2D eigenvalue weighted by molar-refractivity contribution is 0.0827. The van der Waals surface area contributed by atoms with Gasteiger partial charge < -0.3 is 19.4 Å². The van der Waals surface area contributed by atoms with Gasteiger partial charge in [0.15, 0.2) is 0 Å². The molecule has 0 saturated carbocycles. The molecule has 5 rings (SSSR count). The molecule has 1 aromatic carbocycles. The fourth-order valence-electron chi connectivity index (χ4n) is 4.56. The molecule has 10 heteroatoms. The molecule has 0 unspecified atom stereocenters. The number of amides is 1. The Bertz CT molecular complexity index is 1330. The first-order valence-electron chi connectivity index (χ1n) is 11.2. The number of ether oxygens (including phenoxy) is 1. The van der Waals surface area contributed by atoms with E-state index in [9.17, 15) is 18.4 Å². The Labute approximate surface area is 195 Å². The predicted molar refractivity (Wildman–Crippen MR) is 124 cm³/mol. The molecule has 0 spiro atoms. The van der Waals surface area contributed by atoms with Crippen LogP contribution in [0.1, 0.15) is 21.5 Å². The highest BCUT2D eigenvalue weighted by atomic mass is 19.1. The van der Waals surface area contributed by atoms with Crippen molar-refractivity contribution in [2.24, 2.45) is 0 Å². The van der Waals surface area contributed by atoms with Gasteiger partial charge >= 0.3 is 0 Å². The second-order valence-corrected chi connectivity index (χ2v) is 8.76. The molecule has 4 heterocycles. The van der Waals surface area contributed by atoms with Crippen LogP contribution in [0.5, 0.6) is 0 Å². The summed E-state index contributed by atoms with van der Waals surface area (Å²) >= 11 is 0. The van der Waals surface area contributed by atoms with Crippen LogP contribution in [0.4, 0.5) is 20.3 Å². The Kier molecular flexibility index (Phi) is 5.68. The van der Waals surface area contributed by atoms with Gasteiger partial charge in [-0.2, -0.15) is 0 Å². The first-order valence-corrected chi connectivity index (χ1v) is 11.2. The molecule has 0 radical (unpaired) electrons. The van der Waals surface area contributed by atoms with Crippen LogP contribution in [0.3, 0.4) is 0 Å². The minimum absolute atomic E-state index is 0.243. The molecule has 34 heavy (non-hydrogen) atoms. The Morgan fingerprint density at radius 1 is 1.12 bits per heavy atom. The van der Waals surface area contributed by atoms with Crippen molar-refractivity contribution in [2.75, 3.05) is 56.7 Å². The van der Waals surface area contributed by atoms with Gasteiger partial charge in [-0.05, 0) is 18.6 Å². The number of carbonyl (C=O) groups is 1. The zero-order chi connectivity index (χ0) is 24.0. The number of anilines is 2. The number of hydrogen-bond acceptors (Lipinski definition) is 6. The molecule has 1 saturated heterocycles. The summed E-state index contributed by atoms with van der Waals surface area (Å²) in [7, 11) is 3.27. The lowest BCUT2D eigenvalue weighted by Crippen LogP contribution is -2.37. The van der Waals surface area contributed by atoms with Crippen molar-refractivity contribution in [1.82, 2.24) is 14.3 Å². The van der Waals surface area contributed by atoms with Crippen LogP contribution in [0.25, 0.3) is 5.65 Å². The van der Waals surface area contributed by atoms with Crippen molar-refractivity contribution in [3.8, 4) is 0 Å². The molecule has 1 fully saturated rings. The fourth-order valence-corrected chi connectivity index (χ4v) is 4.56. The van der Waals surface area contributed by atoms with Gasteiger partial charge in [-0.1, -0.05) is 0 Å². The summed E-state index contributed by atoms with van der Waals surface area (Å²) < 4.78 is 35.0. The van der Waals surface area contributed by atoms with Gasteiger partial charge in [0, 0.05) is 75.4 Å². The number of aromatic nitrogens is 2. The van der Waals surface area contributed by atoms with Gasteiger partial charge in [-0.25, -0.2) is 13.8 Å². The Hall–Kier alpha value is -3.53. The average Bonchev–Trinajstić information content (AvgIpc) is 3.22. The van der Waals surface area contributed by atoms with Crippen LogP contribution in [0.2, 0.25) is 0 Å². The van der Waals surface area contributed by atoms with Gasteiger partial charge in [0.1, 0.15) is 23.1 Å². The Morgan fingerprint density at radius 2 is 1.88 bits per heavy atom. The summed E-state index contributed by atoms with van der Waals surface area (Å²) in [5, 5.41) is 0. The topological polar surface area (TPSA) is 70.4 Å². The maximum absolute atomic E-state index is 14.3. The van der Waals surface area contributed by atoms with E-state index in [1.165, 1.54) is 27.6 Å². The van der Waals surface area contributed by atoms with Crippen molar-refractivity contribution in [3.63, 3.8) is 0 Å². The van der Waals surface area contributed by atoms with Crippen molar-refractivity contribution in [2.45, 2.75) is 13.0 Å². The van der Waals surface area contributed by atoms with Crippen LogP contribution in [-0.4, -0.2) is 67.1 Å². The van der Waals surface area contributed by atoms with Crippen LogP contribution < -0.4 is 15.4 Å². The highest BCUT2D eigenvalue weighted by Gasteiger charge is 2.26. The van der Waals surface area contributed by atoms with Crippen molar-refractivity contribution in [1.29, 1.82) is 0 Å². The molecule has 0 atom stereocenters. The minimum Gasteiger partial charge on any atom is -0.378 e. The third-order valence-electron chi connectivity index (χ3n) is 6.28. The van der Waals surface area contributed by atoms with Crippen LogP contribution in [0.15, 0.2) is 35.3 Å². The molecule has 2 aliphatic rings. The second kappa shape index (κ2) is 8.68. The van der Waals surface area contributed by atoms with Gasteiger partial charge in [0.25, 0.3) is 11.5 Å². The minimum atomic E-state index is -0.645. The number of pyridine rings is 1. The number of morpholine rings is 1. The number of nitrogens with zero attached hydrogens (tertiary/aromatic N) is 5. The lowest BCUT2D eigenvalue weighted by Gasteiger charge is -2.28. The Balaban J connectivity index is 1.63. The van der Waals surface area contributed by atoms with E-state index < -0.39 is 11.6 Å². The fraction of sp³-hybridized carbons (Fsp3) is 0.375. The number of carbonyl (C=O) groups excluding carboxylic acids is 1. The highest BCUT2D eigenvalue weighted by Crippen LogP contribution is 2.33. The number of halogens is 2. The highest BCUT2D eigenvalue weighted by molar-refractivity contribution is 5.94. The molecule has 3 aromatic rings. The molecule has 2 aromatic heterocycles. The average molecular weight is 469 g/mol. The van der Waals surface area contributed by atoms with E-state index >= 15 is 0 Å². The predicted octanol–water partition coefficient (Wildman–Crippen LogP) is 2.07. The van der Waals surface area contributed by atoms with E-state index in [1.54, 1.807) is 20.2 Å². The van der Waals surface area contributed by atoms with E-state index in [-0.39, 0.29) is 18.0 Å². The third kappa shape index (κ3) is 3.98. The summed E-state index contributed by atoms with van der Waals surface area (Å²) in [6.07, 6.45) is 1.94. The zero-order valence-corrected chi connectivity index (χ0v) is 19.1. The molecule has 178 valence electrons. The van der Waals surface area contributed by atoms with Crippen LogP contribution in [0, 0.1) is 11.6 Å². The van der Waals surface area contributed by atoms with Crippen LogP contribution in [-0.2, 0) is 17.7 Å². The van der Waals surface area contributed by atoms with Crippen molar-refractivity contribution in [3.05, 3.63) is 69.1 Å². The second-order valence-electron chi connectivity index (χ2n) is 8.76. The van der Waals surface area contributed by atoms with E-state index in [0.717, 1.165) is 6.07 Å². The molecule has 8 nitrogen and oxygen atoms in total. The monoisotopic (exact) mass is 469 g/mol. The van der Waals surface area contributed by atoms with E-state index in [2.05, 4.69) is 0 Å². The van der Waals surface area contributed by atoms with Crippen molar-refractivity contribution < 1.29 is 18.3 Å². The normalized spacial score (nSPS) is 15.6. The van der Waals surface area contributed by atoms with Gasteiger partial charge in [0.2, 0.25) is 0 Å². The van der Waals surface area contributed by atoms with Crippen LogP contribution >= 0.6 is 0 Å². The molecule has 0 aliphatic carbocycles. The first kappa shape index (κ1) is 22.3. The van der Waals surface area contributed by atoms with Gasteiger partial charge in [-0.15, -0.1) is 0 Å². The standard InChI is InChI=1S/C24H25F2N5O3/c1-28(2)24(33)16-9-15(13-30-4-3-18-19(26)10-17(25)11-20(18)30)23-27-21(12-22(32)31(23)14-16)29-5-7-34-8-6-29/h9-12,14H,3-8,13H2,1-2H3. The maximum atomic E-state index is 14.3. The van der Waals surface area contributed by atoms with Gasteiger partial charge in [0.05, 0.1) is 18.8 Å². The van der Waals surface area contributed by atoms with Crippen molar-refractivity contribution >= 4 is 23.1 Å². The maximum Gasteiger partial charge on any atom is 0.259 e. The molecule has 0 N–H and O–H groups in total. The molecule has 0 bridgehead atoms. The summed E-state index contributed by atoms with van der Waals surface area (Å²) in [4.78, 5) is 35.9. The number of benzene rings is 1. The summed E-state index contributed by atoms with van der Waals surface area (Å²) in [6.45, 7) is 3.06. The van der Waals surface area contributed by atoms with E-state index in [1.807, 2.05) is 9.80 Å². The zero-order valence-electron chi connectivity index (χ0n) is 19.1. The molecular weight excluding hydrogens is 444 g/mol. The first-order chi connectivity index (χ1) is 16.3. The number of hydrogen-bond donors (Lipinski definition) is 0. The molecule has 2 aliphatic heterocycles. The Morgan fingerprint density at radius 3 is 2.62 bits per heavy atom. The van der Waals surface area contributed by atoms with Gasteiger partial charge in [-0.3, -0.25) is 14.0 Å². The molecular formula is C24H25F2N5O3. The summed E-state index contributed by atoms with van der Waals surface area (Å²) in [6, 6.07) is 5.38. The SMILES string of the molecule is CN(C)C(=O)c1cc(CN2CCc3c(F)cc(F)cc32)c2nc(N3CCOCC3)cc(=O)n2c1. The van der Waals surface area contributed by atoms with E-state index in [4.69, 9.17) is 9.72 Å². The smallest absolute Gasteiger partial charge is 0.259 e. The summed E-state index contributed by atoms with van der Waals surface area (Å²) in [5.41, 5.74) is 2.00.